The summed E-state index contributed by atoms with van der Waals surface area (Å²) in [6.07, 6.45) is 12.7. The van der Waals surface area contributed by atoms with Gasteiger partial charge in [0.15, 0.2) is 23.1 Å². The molecule has 0 radical (unpaired) electrons. The van der Waals surface area contributed by atoms with Crippen molar-refractivity contribution >= 4 is 35.1 Å². The van der Waals surface area contributed by atoms with Crippen molar-refractivity contribution in [3.8, 4) is 11.5 Å². The Bertz CT molecular complexity index is 1520. The lowest BCUT2D eigenvalue weighted by Crippen LogP contribution is -2.31. The molecule has 0 N–H and O–H groups in total. The van der Waals surface area contributed by atoms with E-state index in [0.29, 0.717) is 49.1 Å². The molecule has 1 unspecified atom stereocenters. The molecule has 0 aliphatic heterocycles. The van der Waals surface area contributed by atoms with Gasteiger partial charge in [-0.1, -0.05) is 20.1 Å². The molecule has 10 nitrogen and oxygen atoms in total. The van der Waals surface area contributed by atoms with Gasteiger partial charge in [-0.15, -0.1) is 0 Å². The molecule has 276 valence electrons. The minimum Gasteiger partial charge on any atom is -0.494 e. The van der Waals surface area contributed by atoms with Gasteiger partial charge in [0.1, 0.15) is 11.5 Å². The van der Waals surface area contributed by atoms with Crippen LogP contribution in [0.25, 0.3) is 0 Å². The highest BCUT2D eigenvalue weighted by Gasteiger charge is 2.35. The zero-order valence-corrected chi connectivity index (χ0v) is 29.8. The van der Waals surface area contributed by atoms with Crippen LogP contribution in [0.4, 0.5) is 0 Å². The molecule has 2 aromatic rings. The van der Waals surface area contributed by atoms with Crippen LogP contribution in [0.3, 0.4) is 0 Å². The van der Waals surface area contributed by atoms with Gasteiger partial charge in [-0.05, 0) is 130 Å². The van der Waals surface area contributed by atoms with Gasteiger partial charge >= 0.3 is 11.9 Å². The number of rotatable bonds is 25. The summed E-state index contributed by atoms with van der Waals surface area (Å²) in [5, 5.41) is 0. The number of ether oxygens (including phenoxy) is 4. The molecule has 0 saturated carbocycles. The lowest BCUT2D eigenvalue weighted by atomic mass is 9.77. The summed E-state index contributed by atoms with van der Waals surface area (Å²) in [7, 11) is 0. The number of ketones is 4. The van der Waals surface area contributed by atoms with Gasteiger partial charge in [-0.25, -0.2) is 9.59 Å². The Balaban J connectivity index is 1.60. The number of carbonyl (C=O) groups excluding carboxylic acids is 6. The van der Waals surface area contributed by atoms with E-state index >= 15 is 0 Å². The number of Topliss-reactive ketones (excluding diaryl/α,β-unsaturated/α-hetero) is 2. The van der Waals surface area contributed by atoms with Crippen LogP contribution in [-0.2, 0) is 28.7 Å². The number of benzene rings is 2. The maximum Gasteiger partial charge on any atom is 0.330 e. The van der Waals surface area contributed by atoms with Crippen molar-refractivity contribution in [2.45, 2.75) is 64.7 Å². The van der Waals surface area contributed by atoms with Crippen LogP contribution in [0.2, 0.25) is 0 Å². The molecule has 0 bridgehead atoms. The molecule has 0 spiro atoms. The van der Waals surface area contributed by atoms with E-state index in [1.807, 2.05) is 0 Å². The van der Waals surface area contributed by atoms with E-state index in [0.717, 1.165) is 63.5 Å². The summed E-state index contributed by atoms with van der Waals surface area (Å²) in [6, 6.07) is 13.3. The molecule has 52 heavy (non-hydrogen) atoms. The van der Waals surface area contributed by atoms with Crippen molar-refractivity contribution in [2.24, 2.45) is 11.8 Å². The largest absolute Gasteiger partial charge is 0.494 e. The lowest BCUT2D eigenvalue weighted by molar-refractivity contribution is -0.138. The third-order valence-electron chi connectivity index (χ3n) is 8.42. The monoisotopic (exact) mass is 712 g/mol. The molecule has 0 fully saturated rings. The number of hydrogen-bond acceptors (Lipinski definition) is 10. The highest BCUT2D eigenvalue weighted by molar-refractivity contribution is 6.18. The number of allylic oxidation sites excluding steroid dienone is 4. The molecule has 2 aromatic carbocycles. The van der Waals surface area contributed by atoms with Crippen LogP contribution < -0.4 is 9.47 Å². The van der Waals surface area contributed by atoms with Crippen molar-refractivity contribution in [1.29, 1.82) is 0 Å². The molecule has 0 aromatic heterocycles. The third kappa shape index (κ3) is 14.1. The maximum atomic E-state index is 14.0. The second-order valence-electron chi connectivity index (χ2n) is 12.5. The summed E-state index contributed by atoms with van der Waals surface area (Å²) in [6.45, 7) is 10.1. The number of esters is 2. The second kappa shape index (κ2) is 22.4. The molecule has 1 aliphatic rings. The van der Waals surface area contributed by atoms with E-state index in [-0.39, 0.29) is 23.6 Å². The van der Waals surface area contributed by atoms with E-state index in [1.54, 1.807) is 55.5 Å². The molecule has 0 saturated heterocycles. The zero-order valence-electron chi connectivity index (χ0n) is 29.8. The first-order valence-corrected chi connectivity index (χ1v) is 17.7. The zero-order chi connectivity index (χ0) is 37.7. The van der Waals surface area contributed by atoms with Crippen LogP contribution in [0.5, 0.6) is 11.5 Å². The van der Waals surface area contributed by atoms with Crippen LogP contribution in [-0.4, -0.2) is 61.5 Å². The van der Waals surface area contributed by atoms with E-state index in [4.69, 9.17) is 18.9 Å². The van der Waals surface area contributed by atoms with Gasteiger partial charge in [-0.2, -0.15) is 0 Å². The standard InChI is InChI=1S/C42H48O10/c1-4-38(45)51-26-12-8-6-10-24-49-35-19-14-31(15-20-35)41(47)40(30(3)28-33-29-34(43)18-23-37(33)44)42(48)32-16-21-36(22-17-32)50-25-11-7-9-13-27-52-39(46)5-2/h4-5,14-23,29-30,40H,1-2,6-13,24-28H2,3H3. The number of carbonyl (C=O) groups is 6. The molecular formula is C42H48O10. The predicted octanol–water partition coefficient (Wildman–Crippen LogP) is 7.37. The first kappa shape index (κ1) is 41.0. The number of unbranched alkanes of at least 4 members (excludes halogenated alkanes) is 6. The smallest absolute Gasteiger partial charge is 0.330 e. The van der Waals surface area contributed by atoms with Crippen molar-refractivity contribution in [3.63, 3.8) is 0 Å². The van der Waals surface area contributed by atoms with E-state index < -0.39 is 35.3 Å². The molecule has 10 heteroatoms. The Morgan fingerprint density at radius 2 is 1.04 bits per heavy atom. The van der Waals surface area contributed by atoms with E-state index in [9.17, 15) is 28.8 Å². The number of hydrogen-bond donors (Lipinski definition) is 0. The molecule has 0 amide bonds. The second-order valence-corrected chi connectivity index (χ2v) is 12.5. The van der Waals surface area contributed by atoms with E-state index in [1.165, 1.54) is 18.2 Å². The normalized spacial score (nSPS) is 12.8. The molecular weight excluding hydrogens is 664 g/mol. The summed E-state index contributed by atoms with van der Waals surface area (Å²) in [4.78, 5) is 74.7. The fourth-order valence-electron chi connectivity index (χ4n) is 5.56. The van der Waals surface area contributed by atoms with Crippen LogP contribution in [0, 0.1) is 11.8 Å². The quantitative estimate of drug-likeness (QED) is 0.0256. The first-order valence-electron chi connectivity index (χ1n) is 17.7. The van der Waals surface area contributed by atoms with Crippen molar-refractivity contribution in [1.82, 2.24) is 0 Å². The summed E-state index contributed by atoms with van der Waals surface area (Å²) < 4.78 is 21.6. The first-order chi connectivity index (χ1) is 25.1. The minimum absolute atomic E-state index is 0.0762. The van der Waals surface area contributed by atoms with Crippen molar-refractivity contribution in [2.75, 3.05) is 26.4 Å². The fraction of sp³-hybridized carbons (Fsp3) is 0.381. The van der Waals surface area contributed by atoms with Gasteiger partial charge in [0.25, 0.3) is 0 Å². The van der Waals surface area contributed by atoms with Gasteiger partial charge in [0.05, 0.1) is 32.3 Å². The Morgan fingerprint density at radius 1 is 0.615 bits per heavy atom. The van der Waals surface area contributed by atoms with Gasteiger partial charge < -0.3 is 18.9 Å². The summed E-state index contributed by atoms with van der Waals surface area (Å²) in [5.41, 5.74) is 0.907. The van der Waals surface area contributed by atoms with Crippen molar-refractivity contribution in [3.05, 3.63) is 109 Å². The fourth-order valence-corrected chi connectivity index (χ4v) is 5.56. The highest BCUT2D eigenvalue weighted by Crippen LogP contribution is 2.30. The average Bonchev–Trinajstić information content (AvgIpc) is 3.15. The Labute approximate surface area is 305 Å². The highest BCUT2D eigenvalue weighted by atomic mass is 16.5. The Morgan fingerprint density at radius 3 is 1.46 bits per heavy atom. The summed E-state index contributed by atoms with van der Waals surface area (Å²) in [5.74, 6) is -2.83. The van der Waals surface area contributed by atoms with E-state index in [2.05, 4.69) is 13.2 Å². The van der Waals surface area contributed by atoms with Gasteiger partial charge in [0, 0.05) is 28.9 Å². The van der Waals surface area contributed by atoms with Crippen LogP contribution in [0.15, 0.2) is 97.6 Å². The van der Waals surface area contributed by atoms with Gasteiger partial charge in [-0.3, -0.25) is 19.2 Å². The SMILES string of the molecule is C=CC(=O)OCCCCCCOc1ccc(C(=O)C(C(=O)c2ccc(OCCCCCCOC(=O)C=C)cc2)C(C)CC2=CC(=O)C=CC2=O)cc1. The van der Waals surface area contributed by atoms with Crippen molar-refractivity contribution < 1.29 is 47.7 Å². The summed E-state index contributed by atoms with van der Waals surface area (Å²) >= 11 is 0. The minimum atomic E-state index is -1.12. The third-order valence-corrected chi connectivity index (χ3v) is 8.42. The van der Waals surface area contributed by atoms with Gasteiger partial charge in [0.2, 0.25) is 0 Å². The Kier molecular flexibility index (Phi) is 17.7. The molecule has 3 rings (SSSR count). The maximum absolute atomic E-state index is 14.0. The molecule has 1 aliphatic carbocycles. The van der Waals surface area contributed by atoms with Crippen LogP contribution in [0.1, 0.15) is 85.4 Å². The lowest BCUT2D eigenvalue weighted by Gasteiger charge is -2.23. The Hall–Kier alpha value is -5.38. The topological polar surface area (TPSA) is 139 Å². The predicted molar refractivity (Wildman–Crippen MR) is 196 cm³/mol. The molecule has 1 atom stereocenters. The van der Waals surface area contributed by atoms with Crippen LogP contribution >= 0.6 is 0 Å². The average molecular weight is 713 g/mol. The molecule has 0 heterocycles.